The van der Waals surface area contributed by atoms with E-state index in [2.05, 4.69) is 6.72 Å². The summed E-state index contributed by atoms with van der Waals surface area (Å²) in [4.78, 5) is 0. The van der Waals surface area contributed by atoms with E-state index >= 15 is 0 Å². The van der Waals surface area contributed by atoms with Gasteiger partial charge in [0.15, 0.2) is 6.72 Å². The van der Waals surface area contributed by atoms with Crippen molar-refractivity contribution in [2.75, 3.05) is 0 Å². The van der Waals surface area contributed by atoms with Crippen LogP contribution in [-0.2, 0) is 0 Å². The first-order valence-corrected chi connectivity index (χ1v) is 0.577. The van der Waals surface area contributed by atoms with E-state index in [1.165, 1.54) is 5.16 Å². The van der Waals surface area contributed by atoms with Gasteiger partial charge in [0.2, 0.25) is 0 Å². The fourth-order valence-corrected chi connectivity index (χ4v) is 0. The lowest BCUT2D eigenvalue weighted by molar-refractivity contribution is -0.730. The molecule has 0 saturated carbocycles. The second-order valence-electron chi connectivity index (χ2n) is 0.158. The van der Waals surface area contributed by atoms with Gasteiger partial charge in [0.25, 0.3) is 0 Å². The molecule has 0 fully saturated rings. The minimum Gasteiger partial charge on any atom is -0.294 e. The maximum atomic E-state index is 7.21. The van der Waals surface area contributed by atoms with Gasteiger partial charge in [-0.2, -0.15) is 0 Å². The third kappa shape index (κ3) is 17.6. The predicted octanol–water partition coefficient (Wildman–Crippen LogP) is -1.18. The Morgan fingerprint density at radius 2 is 2.00 bits per heavy atom. The zero-order chi connectivity index (χ0) is 2.71. The van der Waals surface area contributed by atoms with Crippen LogP contribution in [0.25, 0.3) is 0 Å². The first kappa shape index (κ1) is 9.25. The van der Waals surface area contributed by atoms with Crippen LogP contribution in [0.5, 0.6) is 0 Å². The molecule has 0 saturated heterocycles. The highest BCUT2D eigenvalue weighted by molar-refractivity contribution is 5.85. The lowest BCUT2D eigenvalue weighted by Gasteiger charge is -1.34. The Kier molecular flexibility index (Phi) is 34.2. The van der Waals surface area contributed by atoms with E-state index in [0.29, 0.717) is 0 Å². The van der Waals surface area contributed by atoms with Gasteiger partial charge in [0.05, 0.1) is 0 Å². The van der Waals surface area contributed by atoms with Crippen LogP contribution in [-0.4, -0.2) is 11.9 Å². The van der Waals surface area contributed by atoms with Crippen LogP contribution in [0, 0.1) is 0 Å². The molecule has 0 bridgehead atoms. The molecule has 2 N–H and O–H groups in total. The highest BCUT2D eigenvalue weighted by Crippen LogP contribution is 0.690. The summed E-state index contributed by atoms with van der Waals surface area (Å²) in [6.45, 7) is 2.79. The Balaban J connectivity index is -0.0000000200. The molecule has 0 rings (SSSR count). The second kappa shape index (κ2) is 14.8. The molecule has 0 amide bonds. The lowest BCUT2D eigenvalue weighted by Crippen LogP contribution is -2.60. The lowest BCUT2D eigenvalue weighted by atomic mass is 11.8. The smallest absolute Gasteiger partial charge is 0.177 e. The largest absolute Gasteiger partial charge is 0.294 e. The van der Waals surface area contributed by atoms with Crippen molar-refractivity contribution in [3.05, 3.63) is 0 Å². The molecule has 2 nitrogen and oxygen atoms in total. The zero-order valence-electron chi connectivity index (χ0n) is 2.06. The van der Waals surface area contributed by atoms with Crippen LogP contribution < -0.4 is 5.16 Å². The van der Waals surface area contributed by atoms with Crippen molar-refractivity contribution < 1.29 is 11.8 Å². The molecule has 0 radical (unpaired) electrons. The van der Waals surface area contributed by atoms with Gasteiger partial charge >= 0.3 is 0 Å². The number of hydrogen-bond donors (Lipinski definition) is 2. The molecule has 0 heterocycles. The molecule has 0 aliphatic heterocycles. The summed E-state index contributed by atoms with van der Waals surface area (Å²) in [5, 5.41) is 8.71. The Labute approximate surface area is 32.0 Å². The molecule has 0 atom stereocenters. The van der Waals surface area contributed by atoms with E-state index in [4.69, 9.17) is 5.21 Å². The standard InChI is InChI=1S/CH3NO.ClH.H2/c1-2-3;;/h3H,1H2;2*1H/p+1. The van der Waals surface area contributed by atoms with E-state index in [1.807, 2.05) is 0 Å². The van der Waals surface area contributed by atoms with Gasteiger partial charge in [-0.25, -0.2) is 0 Å². The topological polar surface area (TPSA) is 34.2 Å². The van der Waals surface area contributed by atoms with Crippen LogP contribution in [0.3, 0.4) is 0 Å². The molecule has 28 valence electrons. The molecular weight excluding hydrogens is 77.5 g/mol. The second-order valence-corrected chi connectivity index (χ2v) is 0.158. The van der Waals surface area contributed by atoms with Gasteiger partial charge in [-0.05, 0) is 0 Å². The minimum absolute atomic E-state index is 0. The van der Waals surface area contributed by atoms with Crippen LogP contribution >= 0.6 is 12.4 Å². The van der Waals surface area contributed by atoms with Crippen molar-refractivity contribution in [1.82, 2.24) is 0 Å². The van der Waals surface area contributed by atoms with Gasteiger partial charge in [-0.1, -0.05) is 5.16 Å². The number of halogens is 1. The van der Waals surface area contributed by atoms with Gasteiger partial charge in [0, 0.05) is 1.43 Å². The average molecular weight is 84.5 g/mol. The van der Waals surface area contributed by atoms with Gasteiger partial charge in [0.1, 0.15) is 0 Å². The molecule has 0 spiro atoms. The Morgan fingerprint density at radius 1 is 2.00 bits per heavy atom. The SMILES string of the molecule is C=[NH+]O.Cl.[HH]. The molecule has 0 unspecified atom stereocenters. The molecule has 0 aliphatic carbocycles. The van der Waals surface area contributed by atoms with Crippen molar-refractivity contribution in [2.45, 2.75) is 0 Å². The summed E-state index contributed by atoms with van der Waals surface area (Å²) >= 11 is 0. The van der Waals surface area contributed by atoms with E-state index in [0.717, 1.165) is 0 Å². The first-order valence-electron chi connectivity index (χ1n) is 0.577. The molecule has 0 aromatic rings. The van der Waals surface area contributed by atoms with Crippen molar-refractivity contribution in [3.8, 4) is 0 Å². The van der Waals surface area contributed by atoms with E-state index in [-0.39, 0.29) is 13.8 Å². The molecular formula is CH7ClNO+. The van der Waals surface area contributed by atoms with Gasteiger partial charge < -0.3 is 0 Å². The van der Waals surface area contributed by atoms with Crippen molar-refractivity contribution in [1.29, 1.82) is 0 Å². The maximum absolute atomic E-state index is 7.21. The van der Waals surface area contributed by atoms with Crippen molar-refractivity contribution in [2.24, 2.45) is 0 Å². The first-order chi connectivity index (χ1) is 1.41. The monoisotopic (exact) mass is 84.0 g/mol. The van der Waals surface area contributed by atoms with Crippen molar-refractivity contribution in [3.63, 3.8) is 0 Å². The fraction of sp³-hybridized carbons (Fsp3) is 0. The summed E-state index contributed by atoms with van der Waals surface area (Å²) in [6, 6.07) is 0. The van der Waals surface area contributed by atoms with Crippen LogP contribution in [0.2, 0.25) is 0 Å². The van der Waals surface area contributed by atoms with Crippen molar-refractivity contribution >= 4 is 19.1 Å². The van der Waals surface area contributed by atoms with E-state index < -0.39 is 0 Å². The van der Waals surface area contributed by atoms with Crippen LogP contribution in [0.1, 0.15) is 1.43 Å². The fourth-order valence-electron chi connectivity index (χ4n) is 0. The Morgan fingerprint density at radius 3 is 2.00 bits per heavy atom. The highest BCUT2D eigenvalue weighted by atomic mass is 35.5. The summed E-state index contributed by atoms with van der Waals surface area (Å²) in [6.07, 6.45) is 0. The summed E-state index contributed by atoms with van der Waals surface area (Å²) in [5.41, 5.74) is 0. The summed E-state index contributed by atoms with van der Waals surface area (Å²) in [5.74, 6) is 0. The average Bonchev–Trinajstić information content (AvgIpc) is 0.918. The highest BCUT2D eigenvalue weighted by Gasteiger charge is 1.15. The normalized spacial score (nSPS) is 3.00. The molecule has 3 heteroatoms. The van der Waals surface area contributed by atoms with Crippen LogP contribution in [0.4, 0.5) is 0 Å². The van der Waals surface area contributed by atoms with E-state index in [1.54, 1.807) is 0 Å². The molecule has 0 aromatic carbocycles. The third-order valence-electron chi connectivity index (χ3n) is 0. The summed E-state index contributed by atoms with van der Waals surface area (Å²) in [7, 11) is 0. The number of rotatable bonds is 0. The molecule has 0 aromatic heterocycles. The maximum Gasteiger partial charge on any atom is 0.177 e. The molecule has 4 heavy (non-hydrogen) atoms. The number of hydrogen-bond acceptors (Lipinski definition) is 1. The van der Waals surface area contributed by atoms with E-state index in [9.17, 15) is 0 Å². The van der Waals surface area contributed by atoms with Crippen LogP contribution in [0.15, 0.2) is 0 Å². The van der Waals surface area contributed by atoms with Gasteiger partial charge in [-0.3, -0.25) is 5.21 Å². The zero-order valence-corrected chi connectivity index (χ0v) is 2.88. The number of nitrogens with one attached hydrogen (secondary N) is 1. The summed E-state index contributed by atoms with van der Waals surface area (Å²) < 4.78 is 0. The third-order valence-corrected chi connectivity index (χ3v) is 0. The minimum atomic E-state index is 0. The Bertz CT molecular complexity index is 19.1. The quantitative estimate of drug-likeness (QED) is 0.216. The predicted molar refractivity (Wildman–Crippen MR) is 19.2 cm³/mol. The van der Waals surface area contributed by atoms with Gasteiger partial charge in [-0.15, -0.1) is 12.4 Å². The Hall–Kier alpha value is -0.240. The molecule has 0 aliphatic rings.